The third-order valence-corrected chi connectivity index (χ3v) is 6.12. The van der Waals surface area contributed by atoms with Gasteiger partial charge in [0.2, 0.25) is 0 Å². The van der Waals surface area contributed by atoms with Crippen LogP contribution in [0.4, 0.5) is 0 Å². The number of carbonyl (C=O) groups excluding carboxylic acids is 1. The Morgan fingerprint density at radius 3 is 2.69 bits per heavy atom. The maximum Gasteiger partial charge on any atom is 0.257 e. The van der Waals surface area contributed by atoms with Crippen molar-refractivity contribution >= 4 is 17.5 Å². The largest absolute Gasteiger partial charge is 0.496 e. The van der Waals surface area contributed by atoms with E-state index in [0.717, 1.165) is 39.2 Å². The summed E-state index contributed by atoms with van der Waals surface area (Å²) >= 11 is 5.99. The first kappa shape index (κ1) is 18.0. The molecule has 0 aliphatic carbocycles. The van der Waals surface area contributed by atoms with Crippen LogP contribution in [0.1, 0.15) is 16.8 Å². The zero-order chi connectivity index (χ0) is 18.3. The van der Waals surface area contributed by atoms with Gasteiger partial charge in [-0.3, -0.25) is 9.69 Å². The quantitative estimate of drug-likeness (QED) is 0.798. The normalized spacial score (nSPS) is 26.1. The van der Waals surface area contributed by atoms with E-state index in [2.05, 4.69) is 16.8 Å². The second-order valence-electron chi connectivity index (χ2n) is 7.70. The van der Waals surface area contributed by atoms with Gasteiger partial charge in [-0.25, -0.2) is 0 Å². The number of halogens is 1. The molecule has 3 saturated heterocycles. The van der Waals surface area contributed by atoms with E-state index >= 15 is 0 Å². The van der Waals surface area contributed by atoms with Crippen molar-refractivity contribution < 1.29 is 14.3 Å². The molecule has 1 unspecified atom stereocenters. The lowest BCUT2D eigenvalue weighted by molar-refractivity contribution is -0.0951. The summed E-state index contributed by atoms with van der Waals surface area (Å²) in [4.78, 5) is 19.6. The molecule has 1 amide bonds. The van der Waals surface area contributed by atoms with Crippen molar-refractivity contribution in [3.05, 3.63) is 28.8 Å². The first-order chi connectivity index (χ1) is 12.5. The Kier molecular flexibility index (Phi) is 4.86. The van der Waals surface area contributed by atoms with Crippen LogP contribution in [0, 0.1) is 0 Å². The SMILES string of the molecule is COc1cc(Cl)ccc1C(=O)N1CC2(CC(N3CCN(C)CC3)CO2)C1. The molecule has 0 saturated carbocycles. The van der Waals surface area contributed by atoms with Gasteiger partial charge in [-0.2, -0.15) is 0 Å². The van der Waals surface area contributed by atoms with Crippen LogP contribution >= 0.6 is 11.6 Å². The highest BCUT2D eigenvalue weighted by Gasteiger charge is 2.52. The Hall–Kier alpha value is -1.34. The molecule has 0 radical (unpaired) electrons. The number of amides is 1. The van der Waals surface area contributed by atoms with Crippen LogP contribution in [-0.2, 0) is 4.74 Å². The first-order valence-electron chi connectivity index (χ1n) is 9.19. The fourth-order valence-corrected chi connectivity index (χ4v) is 4.43. The van der Waals surface area contributed by atoms with Crippen molar-refractivity contribution in [2.45, 2.75) is 18.1 Å². The minimum Gasteiger partial charge on any atom is -0.496 e. The monoisotopic (exact) mass is 379 g/mol. The summed E-state index contributed by atoms with van der Waals surface area (Å²) in [6, 6.07) is 5.62. The molecule has 6 nitrogen and oxygen atoms in total. The lowest BCUT2D eigenvalue weighted by atomic mass is 9.88. The first-order valence-corrected chi connectivity index (χ1v) is 9.57. The summed E-state index contributed by atoms with van der Waals surface area (Å²) in [6.07, 6.45) is 1.01. The molecule has 3 heterocycles. The van der Waals surface area contributed by atoms with Crippen molar-refractivity contribution in [3.63, 3.8) is 0 Å². The molecule has 0 bridgehead atoms. The highest BCUT2D eigenvalue weighted by Crippen LogP contribution is 2.38. The minimum atomic E-state index is -0.163. The Morgan fingerprint density at radius 1 is 1.27 bits per heavy atom. The van der Waals surface area contributed by atoms with Crippen molar-refractivity contribution in [3.8, 4) is 5.75 Å². The molecule has 7 heteroatoms. The molecular formula is C19H26ClN3O3. The smallest absolute Gasteiger partial charge is 0.257 e. The van der Waals surface area contributed by atoms with Crippen LogP contribution in [0.5, 0.6) is 5.75 Å². The number of hydrogen-bond donors (Lipinski definition) is 0. The molecule has 3 aliphatic rings. The molecule has 3 aliphatic heterocycles. The van der Waals surface area contributed by atoms with E-state index < -0.39 is 0 Å². The second kappa shape index (κ2) is 7.00. The maximum absolute atomic E-state index is 12.8. The van der Waals surface area contributed by atoms with Crippen LogP contribution < -0.4 is 4.74 Å². The summed E-state index contributed by atoms with van der Waals surface area (Å²) in [5, 5.41) is 0.563. The summed E-state index contributed by atoms with van der Waals surface area (Å²) in [5.41, 5.74) is 0.393. The van der Waals surface area contributed by atoms with E-state index in [1.165, 1.54) is 0 Å². The summed E-state index contributed by atoms with van der Waals surface area (Å²) < 4.78 is 11.5. The van der Waals surface area contributed by atoms with Gasteiger partial charge in [-0.15, -0.1) is 0 Å². The molecule has 1 atom stereocenters. The number of benzene rings is 1. The van der Waals surface area contributed by atoms with Crippen molar-refractivity contribution in [1.82, 2.24) is 14.7 Å². The maximum atomic E-state index is 12.8. The zero-order valence-corrected chi connectivity index (χ0v) is 16.2. The van der Waals surface area contributed by atoms with Gasteiger partial charge in [0.25, 0.3) is 5.91 Å². The third-order valence-electron chi connectivity index (χ3n) is 5.88. The molecule has 0 aromatic heterocycles. The lowest BCUT2D eigenvalue weighted by Gasteiger charge is -2.47. The molecule has 142 valence electrons. The summed E-state index contributed by atoms with van der Waals surface area (Å²) in [6.45, 7) is 6.52. The average molecular weight is 380 g/mol. The van der Waals surface area contributed by atoms with Gasteiger partial charge in [-0.1, -0.05) is 11.6 Å². The van der Waals surface area contributed by atoms with E-state index in [1.807, 2.05) is 4.90 Å². The van der Waals surface area contributed by atoms with Crippen LogP contribution in [0.3, 0.4) is 0 Å². The molecule has 3 fully saturated rings. The van der Waals surface area contributed by atoms with Gasteiger partial charge in [-0.05, 0) is 31.7 Å². The number of carbonyl (C=O) groups is 1. The predicted octanol–water partition coefficient (Wildman–Crippen LogP) is 1.58. The second-order valence-corrected chi connectivity index (χ2v) is 8.13. The van der Waals surface area contributed by atoms with Crippen LogP contribution in [0.15, 0.2) is 18.2 Å². The van der Waals surface area contributed by atoms with Crippen molar-refractivity contribution in [2.24, 2.45) is 0 Å². The molecule has 1 spiro atoms. The van der Waals surface area contributed by atoms with E-state index in [9.17, 15) is 4.79 Å². The van der Waals surface area contributed by atoms with Gasteiger partial charge < -0.3 is 19.3 Å². The molecule has 26 heavy (non-hydrogen) atoms. The van der Waals surface area contributed by atoms with Gasteiger partial charge in [0.15, 0.2) is 0 Å². The zero-order valence-electron chi connectivity index (χ0n) is 15.4. The van der Waals surface area contributed by atoms with E-state index in [0.29, 0.717) is 35.5 Å². The van der Waals surface area contributed by atoms with Gasteiger partial charge in [0.05, 0.1) is 32.4 Å². The number of hydrogen-bond acceptors (Lipinski definition) is 5. The van der Waals surface area contributed by atoms with Crippen LogP contribution in [0.25, 0.3) is 0 Å². The number of ether oxygens (including phenoxy) is 2. The van der Waals surface area contributed by atoms with E-state index in [1.54, 1.807) is 25.3 Å². The van der Waals surface area contributed by atoms with Crippen LogP contribution in [0.2, 0.25) is 5.02 Å². The molecule has 1 aromatic carbocycles. The summed E-state index contributed by atoms with van der Waals surface area (Å²) in [5.74, 6) is 0.502. The lowest BCUT2D eigenvalue weighted by Crippen LogP contribution is -2.63. The number of likely N-dealkylation sites (N-methyl/N-ethyl adjacent to an activating group) is 1. The fraction of sp³-hybridized carbons (Fsp3) is 0.632. The van der Waals surface area contributed by atoms with Crippen molar-refractivity contribution in [1.29, 1.82) is 0 Å². The van der Waals surface area contributed by atoms with Gasteiger partial charge in [0.1, 0.15) is 11.4 Å². The standard InChI is InChI=1S/C19H26ClN3O3/c1-21-5-7-22(8-6-21)15-10-19(26-11-15)12-23(13-19)18(24)16-4-3-14(20)9-17(16)25-2/h3-4,9,15H,5-8,10-13H2,1-2H3. The highest BCUT2D eigenvalue weighted by molar-refractivity contribution is 6.30. The number of piperazine rings is 1. The van der Waals surface area contributed by atoms with E-state index in [4.69, 9.17) is 21.1 Å². The Balaban J connectivity index is 1.36. The van der Waals surface area contributed by atoms with Crippen LogP contribution in [-0.4, -0.2) is 92.3 Å². The third kappa shape index (κ3) is 3.31. The fourth-order valence-electron chi connectivity index (χ4n) is 4.27. The average Bonchev–Trinajstić information content (AvgIpc) is 3.06. The molecule has 4 rings (SSSR count). The molecular weight excluding hydrogens is 354 g/mol. The summed E-state index contributed by atoms with van der Waals surface area (Å²) in [7, 11) is 3.73. The predicted molar refractivity (Wildman–Crippen MR) is 100 cm³/mol. The molecule has 0 N–H and O–H groups in total. The number of methoxy groups -OCH3 is 1. The Labute approximate surface area is 159 Å². The molecule has 1 aromatic rings. The number of nitrogens with zero attached hydrogens (tertiary/aromatic N) is 3. The van der Waals surface area contributed by atoms with Crippen molar-refractivity contribution in [2.75, 3.05) is 60.0 Å². The number of likely N-dealkylation sites (tertiary alicyclic amines) is 1. The number of rotatable bonds is 3. The minimum absolute atomic E-state index is 0.0178. The highest BCUT2D eigenvalue weighted by atomic mass is 35.5. The topological polar surface area (TPSA) is 45.2 Å². The Morgan fingerprint density at radius 2 is 2.00 bits per heavy atom. The van der Waals surface area contributed by atoms with E-state index in [-0.39, 0.29) is 11.5 Å². The van der Waals surface area contributed by atoms with Gasteiger partial charge in [0, 0.05) is 37.2 Å². The van der Waals surface area contributed by atoms with Gasteiger partial charge >= 0.3 is 0 Å². The Bertz CT molecular complexity index is 685.